The van der Waals surface area contributed by atoms with E-state index in [1.165, 1.54) is 19.3 Å². The molecule has 0 saturated heterocycles. The van der Waals surface area contributed by atoms with Gasteiger partial charge in [0.1, 0.15) is 11.8 Å². The first-order valence-corrected chi connectivity index (χ1v) is 11.0. The molecular weight excluding hydrogens is 374 g/mol. The zero-order chi connectivity index (χ0) is 19.3. The molecule has 0 spiro atoms. The number of amides is 1. The van der Waals surface area contributed by atoms with Crippen LogP contribution in [0, 0.1) is 0 Å². The van der Waals surface area contributed by atoms with E-state index in [0.29, 0.717) is 19.0 Å². The van der Waals surface area contributed by atoms with Crippen LogP contribution in [-0.2, 0) is 4.79 Å². The number of nitrogens with zero attached hydrogens (tertiary/aromatic N) is 3. The Labute approximate surface area is 169 Å². The number of hydrogen-bond donors (Lipinski definition) is 1. The molecule has 3 heterocycles. The van der Waals surface area contributed by atoms with Gasteiger partial charge in [0.15, 0.2) is 0 Å². The van der Waals surface area contributed by atoms with E-state index < -0.39 is 0 Å². The third-order valence-electron chi connectivity index (χ3n) is 5.66. The number of hydrogen-bond acceptors (Lipinski definition) is 6. The van der Waals surface area contributed by atoms with Gasteiger partial charge in [-0.25, -0.2) is 5.01 Å². The maximum Gasteiger partial charge on any atom is 0.257 e. The van der Waals surface area contributed by atoms with E-state index in [-0.39, 0.29) is 25.1 Å². The van der Waals surface area contributed by atoms with Gasteiger partial charge in [0.05, 0.1) is 30.0 Å². The first-order valence-electron chi connectivity index (χ1n) is 10.1. The Hall–Kier alpha value is -1.96. The molecule has 1 aliphatic heterocycles. The van der Waals surface area contributed by atoms with Crippen LogP contribution in [0.3, 0.4) is 0 Å². The summed E-state index contributed by atoms with van der Waals surface area (Å²) in [4.78, 5) is 16.5. The van der Waals surface area contributed by atoms with Gasteiger partial charge in [0.25, 0.3) is 5.91 Å². The number of furan rings is 1. The third-order valence-corrected chi connectivity index (χ3v) is 6.58. The summed E-state index contributed by atoms with van der Waals surface area (Å²) in [5, 5.41) is 17.8. The highest BCUT2D eigenvalue weighted by molar-refractivity contribution is 7.12. The number of aliphatic hydroxyl groups is 1. The van der Waals surface area contributed by atoms with Crippen molar-refractivity contribution in [3.8, 4) is 0 Å². The van der Waals surface area contributed by atoms with E-state index in [1.54, 1.807) is 22.6 Å². The Balaban J connectivity index is 1.53. The Morgan fingerprint density at radius 3 is 2.82 bits per heavy atom. The van der Waals surface area contributed by atoms with Crippen molar-refractivity contribution in [2.75, 3.05) is 19.7 Å². The summed E-state index contributed by atoms with van der Waals surface area (Å²) < 4.78 is 5.61. The summed E-state index contributed by atoms with van der Waals surface area (Å²) >= 11 is 1.64. The SMILES string of the molecule is O=C(CN(CCO)C1CCCCC1)N1N=C(c2cccs2)CC1c1ccco1. The van der Waals surface area contributed by atoms with Crippen LogP contribution in [0.5, 0.6) is 0 Å². The normalized spacial score (nSPS) is 20.7. The number of aliphatic hydroxyl groups excluding tert-OH is 1. The van der Waals surface area contributed by atoms with Crippen molar-refractivity contribution in [1.29, 1.82) is 0 Å². The van der Waals surface area contributed by atoms with E-state index in [2.05, 4.69) is 10.0 Å². The molecule has 1 unspecified atom stereocenters. The molecule has 1 fully saturated rings. The van der Waals surface area contributed by atoms with Gasteiger partial charge in [-0.15, -0.1) is 11.3 Å². The van der Waals surface area contributed by atoms with Gasteiger partial charge in [-0.1, -0.05) is 25.3 Å². The standard InChI is InChI=1S/C21H27N3O3S/c25-11-10-23(16-6-2-1-3-7-16)15-21(26)24-18(19-8-4-12-27-19)14-17(22-24)20-9-5-13-28-20/h4-5,8-9,12-13,16,18,25H,1-3,6-7,10-11,14-15H2. The smallest absolute Gasteiger partial charge is 0.257 e. The van der Waals surface area contributed by atoms with Crippen LogP contribution in [0.1, 0.15) is 55.2 Å². The first kappa shape index (κ1) is 19.4. The van der Waals surface area contributed by atoms with Gasteiger partial charge < -0.3 is 9.52 Å². The maximum absolute atomic E-state index is 13.3. The molecule has 6 nitrogen and oxygen atoms in total. The fourth-order valence-electron chi connectivity index (χ4n) is 4.25. The second-order valence-electron chi connectivity index (χ2n) is 7.48. The van der Waals surface area contributed by atoms with Crippen molar-refractivity contribution in [1.82, 2.24) is 9.91 Å². The minimum atomic E-state index is -0.207. The predicted molar refractivity (Wildman–Crippen MR) is 109 cm³/mol. The fraction of sp³-hybridized carbons (Fsp3) is 0.524. The minimum Gasteiger partial charge on any atom is -0.467 e. The van der Waals surface area contributed by atoms with Crippen molar-refractivity contribution in [2.24, 2.45) is 5.10 Å². The molecule has 7 heteroatoms. The highest BCUT2D eigenvalue weighted by atomic mass is 32.1. The topological polar surface area (TPSA) is 69.3 Å². The lowest BCUT2D eigenvalue weighted by Gasteiger charge is -2.34. The highest BCUT2D eigenvalue weighted by Gasteiger charge is 2.36. The third kappa shape index (κ3) is 4.21. The van der Waals surface area contributed by atoms with Gasteiger partial charge in [-0.05, 0) is 36.4 Å². The van der Waals surface area contributed by atoms with Crippen molar-refractivity contribution < 1.29 is 14.3 Å². The molecule has 1 amide bonds. The quantitative estimate of drug-likeness (QED) is 0.769. The van der Waals surface area contributed by atoms with E-state index in [1.807, 2.05) is 29.6 Å². The van der Waals surface area contributed by atoms with E-state index in [4.69, 9.17) is 4.42 Å². The van der Waals surface area contributed by atoms with Gasteiger partial charge >= 0.3 is 0 Å². The van der Waals surface area contributed by atoms with Crippen LogP contribution in [-0.4, -0.2) is 52.4 Å². The molecule has 1 saturated carbocycles. The van der Waals surface area contributed by atoms with E-state index >= 15 is 0 Å². The summed E-state index contributed by atoms with van der Waals surface area (Å²) in [7, 11) is 0. The van der Waals surface area contributed by atoms with Gasteiger partial charge in [-0.3, -0.25) is 9.69 Å². The van der Waals surface area contributed by atoms with Gasteiger partial charge in [0.2, 0.25) is 0 Å². The van der Waals surface area contributed by atoms with Crippen LogP contribution in [0.25, 0.3) is 0 Å². The molecule has 4 rings (SSSR count). The van der Waals surface area contributed by atoms with Crippen LogP contribution in [0.15, 0.2) is 45.4 Å². The largest absolute Gasteiger partial charge is 0.467 e. The van der Waals surface area contributed by atoms with Gasteiger partial charge in [0, 0.05) is 19.0 Å². The maximum atomic E-state index is 13.3. The molecule has 0 aromatic carbocycles. The van der Waals surface area contributed by atoms with E-state index in [0.717, 1.165) is 29.2 Å². The summed E-state index contributed by atoms with van der Waals surface area (Å²) in [6.07, 6.45) is 8.14. The predicted octanol–water partition coefficient (Wildman–Crippen LogP) is 3.65. The molecule has 150 valence electrons. The number of hydrazone groups is 1. The number of carbonyl (C=O) groups excluding carboxylic acids is 1. The van der Waals surface area contributed by atoms with Crippen molar-refractivity contribution in [3.05, 3.63) is 46.5 Å². The highest BCUT2D eigenvalue weighted by Crippen LogP contribution is 2.34. The number of thiophene rings is 1. The molecule has 1 N–H and O–H groups in total. The van der Waals surface area contributed by atoms with Crippen LogP contribution < -0.4 is 0 Å². The zero-order valence-electron chi connectivity index (χ0n) is 16.0. The second kappa shape index (κ2) is 9.03. The molecule has 1 aliphatic carbocycles. The lowest BCUT2D eigenvalue weighted by Crippen LogP contribution is -2.45. The van der Waals surface area contributed by atoms with E-state index in [9.17, 15) is 9.90 Å². The molecule has 2 aromatic rings. The zero-order valence-corrected chi connectivity index (χ0v) is 16.8. The fourth-order valence-corrected chi connectivity index (χ4v) is 4.97. The molecule has 0 radical (unpaired) electrons. The number of rotatable bonds is 7. The Bertz CT molecular complexity index is 782. The summed E-state index contributed by atoms with van der Waals surface area (Å²) in [6, 6.07) is 7.96. The Morgan fingerprint density at radius 1 is 1.29 bits per heavy atom. The van der Waals surface area contributed by atoms with Crippen LogP contribution >= 0.6 is 11.3 Å². The average Bonchev–Trinajstić information content (AvgIpc) is 3.49. The monoisotopic (exact) mass is 401 g/mol. The Morgan fingerprint density at radius 2 is 2.14 bits per heavy atom. The molecule has 2 aromatic heterocycles. The molecule has 1 atom stereocenters. The van der Waals surface area contributed by atoms with Crippen molar-refractivity contribution >= 4 is 23.0 Å². The summed E-state index contributed by atoms with van der Waals surface area (Å²) in [5.41, 5.74) is 0.927. The van der Waals surface area contributed by atoms with Crippen LogP contribution in [0.4, 0.5) is 0 Å². The average molecular weight is 402 g/mol. The van der Waals surface area contributed by atoms with Crippen molar-refractivity contribution in [3.63, 3.8) is 0 Å². The Kier molecular flexibility index (Phi) is 6.24. The molecular formula is C21H27N3O3S. The molecule has 0 bridgehead atoms. The summed E-state index contributed by atoms with van der Waals surface area (Å²) in [5.74, 6) is 0.724. The van der Waals surface area contributed by atoms with Crippen molar-refractivity contribution in [2.45, 2.75) is 50.6 Å². The second-order valence-corrected chi connectivity index (χ2v) is 8.43. The van der Waals surface area contributed by atoms with Gasteiger partial charge in [-0.2, -0.15) is 5.10 Å². The lowest BCUT2D eigenvalue weighted by molar-refractivity contribution is -0.135. The minimum absolute atomic E-state index is 0.0352. The lowest BCUT2D eigenvalue weighted by atomic mass is 9.94. The van der Waals surface area contributed by atoms with Crippen LogP contribution in [0.2, 0.25) is 0 Å². The number of carbonyl (C=O) groups is 1. The molecule has 28 heavy (non-hydrogen) atoms. The summed E-state index contributed by atoms with van der Waals surface area (Å²) in [6.45, 7) is 0.871. The molecule has 2 aliphatic rings. The first-order chi connectivity index (χ1) is 13.8.